The third-order valence-electron chi connectivity index (χ3n) is 3.03. The normalized spacial score (nSPS) is 11.5. The number of benzene rings is 2. The number of halogens is 1. The lowest BCUT2D eigenvalue weighted by Gasteiger charge is -2.16. The van der Waals surface area contributed by atoms with Crippen LogP contribution in [-0.2, 0) is 6.61 Å². The second-order valence-corrected chi connectivity index (χ2v) is 4.50. The Kier molecular flexibility index (Phi) is 7.09. The van der Waals surface area contributed by atoms with Gasteiger partial charge in [0, 0.05) is 11.6 Å². The van der Waals surface area contributed by atoms with Gasteiger partial charge in [-0.2, -0.15) is 0 Å². The molecular weight excluding hydrogens is 272 g/mol. The molecule has 0 heterocycles. The Morgan fingerprint density at radius 1 is 0.950 bits per heavy atom. The van der Waals surface area contributed by atoms with Crippen LogP contribution in [0.25, 0.3) is 0 Å². The van der Waals surface area contributed by atoms with Gasteiger partial charge < -0.3 is 16.2 Å². The smallest absolute Gasteiger partial charge is 0.124 e. The number of hydrogen-bond acceptors (Lipinski definition) is 3. The Bertz CT molecular complexity index is 505. The minimum absolute atomic E-state index is 0. The van der Waals surface area contributed by atoms with Crippen molar-refractivity contribution >= 4 is 12.4 Å². The molecule has 0 aliphatic rings. The van der Waals surface area contributed by atoms with Crippen molar-refractivity contribution in [3.8, 4) is 5.75 Å². The molecule has 0 amide bonds. The van der Waals surface area contributed by atoms with E-state index in [9.17, 15) is 0 Å². The van der Waals surface area contributed by atoms with Crippen molar-refractivity contribution in [2.24, 2.45) is 11.5 Å². The SMILES string of the molecule is Cl.NCC[C@@H](N)c1ccccc1OCc1ccccc1. The number of rotatable bonds is 6. The van der Waals surface area contributed by atoms with E-state index in [1.807, 2.05) is 54.6 Å². The van der Waals surface area contributed by atoms with Gasteiger partial charge in [0.1, 0.15) is 12.4 Å². The van der Waals surface area contributed by atoms with Crippen molar-refractivity contribution in [1.29, 1.82) is 0 Å². The van der Waals surface area contributed by atoms with Crippen LogP contribution < -0.4 is 16.2 Å². The molecule has 4 heteroatoms. The van der Waals surface area contributed by atoms with Crippen LogP contribution in [0.5, 0.6) is 5.75 Å². The van der Waals surface area contributed by atoms with E-state index in [1.165, 1.54) is 0 Å². The molecule has 0 radical (unpaired) electrons. The van der Waals surface area contributed by atoms with Crippen LogP contribution in [0.2, 0.25) is 0 Å². The molecule has 0 aliphatic carbocycles. The molecule has 0 spiro atoms. The lowest BCUT2D eigenvalue weighted by Crippen LogP contribution is -2.16. The monoisotopic (exact) mass is 292 g/mol. The van der Waals surface area contributed by atoms with Crippen molar-refractivity contribution in [1.82, 2.24) is 0 Å². The lowest BCUT2D eigenvalue weighted by molar-refractivity contribution is 0.300. The van der Waals surface area contributed by atoms with Crippen molar-refractivity contribution in [3.05, 3.63) is 65.7 Å². The van der Waals surface area contributed by atoms with Gasteiger partial charge in [0.25, 0.3) is 0 Å². The van der Waals surface area contributed by atoms with E-state index in [-0.39, 0.29) is 18.4 Å². The zero-order chi connectivity index (χ0) is 13.5. The highest BCUT2D eigenvalue weighted by atomic mass is 35.5. The Morgan fingerprint density at radius 3 is 2.30 bits per heavy atom. The predicted molar refractivity (Wildman–Crippen MR) is 85.1 cm³/mol. The maximum absolute atomic E-state index is 6.12. The van der Waals surface area contributed by atoms with Gasteiger partial charge in [-0.05, 0) is 24.6 Å². The summed E-state index contributed by atoms with van der Waals surface area (Å²) in [7, 11) is 0. The molecule has 0 saturated heterocycles. The van der Waals surface area contributed by atoms with Crippen LogP contribution >= 0.6 is 12.4 Å². The van der Waals surface area contributed by atoms with Crippen LogP contribution in [0, 0.1) is 0 Å². The van der Waals surface area contributed by atoms with Gasteiger partial charge in [0.2, 0.25) is 0 Å². The summed E-state index contributed by atoms with van der Waals surface area (Å²) in [6.07, 6.45) is 0.756. The van der Waals surface area contributed by atoms with Crippen LogP contribution in [0.15, 0.2) is 54.6 Å². The first-order chi connectivity index (χ1) is 9.31. The summed E-state index contributed by atoms with van der Waals surface area (Å²) >= 11 is 0. The molecule has 2 aromatic carbocycles. The molecule has 0 saturated carbocycles. The summed E-state index contributed by atoms with van der Waals surface area (Å²) < 4.78 is 5.87. The van der Waals surface area contributed by atoms with Crippen molar-refractivity contribution in [3.63, 3.8) is 0 Å². The third-order valence-corrected chi connectivity index (χ3v) is 3.03. The van der Waals surface area contributed by atoms with Gasteiger partial charge in [-0.25, -0.2) is 0 Å². The van der Waals surface area contributed by atoms with Gasteiger partial charge in [0.15, 0.2) is 0 Å². The van der Waals surface area contributed by atoms with Gasteiger partial charge >= 0.3 is 0 Å². The molecule has 108 valence electrons. The largest absolute Gasteiger partial charge is 0.489 e. The summed E-state index contributed by atoms with van der Waals surface area (Å²) in [5, 5.41) is 0. The number of nitrogens with two attached hydrogens (primary N) is 2. The minimum Gasteiger partial charge on any atom is -0.489 e. The van der Waals surface area contributed by atoms with Gasteiger partial charge in [0.05, 0.1) is 0 Å². The molecule has 0 bridgehead atoms. The highest BCUT2D eigenvalue weighted by Crippen LogP contribution is 2.25. The molecule has 4 N–H and O–H groups in total. The van der Waals surface area contributed by atoms with E-state index in [4.69, 9.17) is 16.2 Å². The Labute approximate surface area is 126 Å². The maximum Gasteiger partial charge on any atom is 0.124 e. The summed E-state index contributed by atoms with van der Waals surface area (Å²) in [6, 6.07) is 17.9. The predicted octanol–water partition coefficient (Wildman–Crippen LogP) is 3.04. The Hall–Kier alpha value is -1.55. The fourth-order valence-electron chi connectivity index (χ4n) is 1.99. The molecule has 0 unspecified atom stereocenters. The number of para-hydroxylation sites is 1. The van der Waals surface area contributed by atoms with E-state index in [0.29, 0.717) is 13.2 Å². The van der Waals surface area contributed by atoms with E-state index in [1.54, 1.807) is 0 Å². The summed E-state index contributed by atoms with van der Waals surface area (Å²) in [4.78, 5) is 0. The number of hydrogen-bond donors (Lipinski definition) is 2. The summed E-state index contributed by atoms with van der Waals surface area (Å²) in [5.41, 5.74) is 13.8. The number of ether oxygens (including phenoxy) is 1. The zero-order valence-electron chi connectivity index (χ0n) is 11.4. The molecule has 2 aromatic rings. The average Bonchev–Trinajstić information content (AvgIpc) is 2.47. The van der Waals surface area contributed by atoms with Crippen LogP contribution in [0.1, 0.15) is 23.6 Å². The van der Waals surface area contributed by atoms with Crippen LogP contribution in [0.3, 0.4) is 0 Å². The quantitative estimate of drug-likeness (QED) is 0.860. The van der Waals surface area contributed by atoms with Crippen molar-refractivity contribution in [2.75, 3.05) is 6.54 Å². The first kappa shape index (κ1) is 16.5. The minimum atomic E-state index is -0.0722. The Morgan fingerprint density at radius 2 is 1.60 bits per heavy atom. The summed E-state index contributed by atoms with van der Waals surface area (Å²) in [6.45, 7) is 1.13. The van der Waals surface area contributed by atoms with Gasteiger partial charge in [-0.3, -0.25) is 0 Å². The zero-order valence-corrected chi connectivity index (χ0v) is 12.2. The molecule has 20 heavy (non-hydrogen) atoms. The average molecular weight is 293 g/mol. The fourth-order valence-corrected chi connectivity index (χ4v) is 1.99. The molecule has 2 rings (SSSR count). The standard InChI is InChI=1S/C16H20N2O.ClH/c17-11-10-15(18)14-8-4-5-9-16(14)19-12-13-6-2-1-3-7-13;/h1-9,15H,10-12,17-18H2;1H/t15-;/m1./s1. The molecule has 0 fully saturated rings. The molecule has 1 atom stereocenters. The van der Waals surface area contributed by atoms with Crippen molar-refractivity contribution in [2.45, 2.75) is 19.1 Å². The van der Waals surface area contributed by atoms with E-state index < -0.39 is 0 Å². The second kappa shape index (κ2) is 8.59. The lowest BCUT2D eigenvalue weighted by atomic mass is 10.0. The topological polar surface area (TPSA) is 61.3 Å². The molecule has 0 aliphatic heterocycles. The van der Waals surface area contributed by atoms with Gasteiger partial charge in [-0.1, -0.05) is 48.5 Å². The van der Waals surface area contributed by atoms with E-state index in [0.717, 1.165) is 23.3 Å². The van der Waals surface area contributed by atoms with Gasteiger partial charge in [-0.15, -0.1) is 12.4 Å². The highest BCUT2D eigenvalue weighted by molar-refractivity contribution is 5.85. The van der Waals surface area contributed by atoms with Crippen LogP contribution in [0.4, 0.5) is 0 Å². The fraction of sp³-hybridized carbons (Fsp3) is 0.250. The van der Waals surface area contributed by atoms with Crippen molar-refractivity contribution < 1.29 is 4.74 Å². The maximum atomic E-state index is 6.12. The molecule has 3 nitrogen and oxygen atoms in total. The van der Waals surface area contributed by atoms with E-state index in [2.05, 4.69) is 0 Å². The molecular formula is C16H21ClN2O. The van der Waals surface area contributed by atoms with Crippen LogP contribution in [-0.4, -0.2) is 6.54 Å². The Balaban J connectivity index is 0.00000200. The first-order valence-electron chi connectivity index (χ1n) is 6.52. The molecule has 0 aromatic heterocycles. The first-order valence-corrected chi connectivity index (χ1v) is 6.52. The highest BCUT2D eigenvalue weighted by Gasteiger charge is 2.10. The third kappa shape index (κ3) is 4.53. The summed E-state index contributed by atoms with van der Waals surface area (Å²) in [5.74, 6) is 0.840. The van der Waals surface area contributed by atoms with E-state index >= 15 is 0 Å². The second-order valence-electron chi connectivity index (χ2n) is 4.50.